The van der Waals surface area contributed by atoms with Crippen molar-refractivity contribution in [2.75, 3.05) is 12.4 Å². The molecule has 0 aliphatic rings. The van der Waals surface area contributed by atoms with Gasteiger partial charge in [-0.15, -0.1) is 10.2 Å². The third-order valence-electron chi connectivity index (χ3n) is 4.27. The minimum Gasteiger partial charge on any atom is -0.379 e. The van der Waals surface area contributed by atoms with Crippen LogP contribution in [0.2, 0.25) is 0 Å². The average molecular weight is 391 g/mol. The zero-order chi connectivity index (χ0) is 20.1. The third kappa shape index (κ3) is 4.66. The van der Waals surface area contributed by atoms with Crippen molar-refractivity contribution in [1.82, 2.24) is 20.2 Å². The Labute approximate surface area is 160 Å². The lowest BCUT2D eigenvalue weighted by Gasteiger charge is -2.12. The summed E-state index contributed by atoms with van der Waals surface area (Å²) in [5, 5.41) is 15.7. The molecule has 1 aromatic heterocycles. The summed E-state index contributed by atoms with van der Waals surface area (Å²) in [7, 11) is 1.63. The smallest absolute Gasteiger partial charge is 0.379 e. The van der Waals surface area contributed by atoms with E-state index in [9.17, 15) is 13.2 Å². The van der Waals surface area contributed by atoms with Gasteiger partial charge in [0.1, 0.15) is 0 Å². The van der Waals surface area contributed by atoms with Crippen LogP contribution in [0.3, 0.4) is 0 Å². The quantitative estimate of drug-likeness (QED) is 0.641. The van der Waals surface area contributed by atoms with Gasteiger partial charge in [-0.3, -0.25) is 0 Å². The van der Waals surface area contributed by atoms with E-state index in [1.807, 2.05) is 25.1 Å². The lowest BCUT2D eigenvalue weighted by molar-refractivity contribution is -0.137. The maximum atomic E-state index is 12.7. The number of nitrogens with zero attached hydrogens (tertiary/aromatic N) is 4. The third-order valence-corrected chi connectivity index (χ3v) is 4.27. The Balaban J connectivity index is 1.81. The predicted octanol–water partition coefficient (Wildman–Crippen LogP) is 4.53. The van der Waals surface area contributed by atoms with Crippen LogP contribution < -0.4 is 5.32 Å². The van der Waals surface area contributed by atoms with Gasteiger partial charge in [-0.1, -0.05) is 19.1 Å². The van der Waals surface area contributed by atoms with Gasteiger partial charge >= 0.3 is 6.18 Å². The summed E-state index contributed by atoms with van der Waals surface area (Å²) < 4.78 is 43.5. The first-order chi connectivity index (χ1) is 13.4. The van der Waals surface area contributed by atoms with E-state index in [1.165, 1.54) is 16.9 Å². The molecule has 148 valence electrons. The van der Waals surface area contributed by atoms with Crippen LogP contribution in [0.25, 0.3) is 11.4 Å². The van der Waals surface area contributed by atoms with Crippen molar-refractivity contribution in [3.05, 3.63) is 54.1 Å². The molecule has 6 nitrogen and oxygen atoms in total. The van der Waals surface area contributed by atoms with Gasteiger partial charge in [0.25, 0.3) is 0 Å². The van der Waals surface area contributed by atoms with Crippen LogP contribution in [-0.4, -0.2) is 33.4 Å². The van der Waals surface area contributed by atoms with Crippen molar-refractivity contribution in [3.63, 3.8) is 0 Å². The maximum absolute atomic E-state index is 12.7. The Hall–Kier alpha value is -2.94. The highest BCUT2D eigenvalue weighted by molar-refractivity contribution is 5.77. The molecule has 0 saturated carbocycles. The van der Waals surface area contributed by atoms with Gasteiger partial charge in [-0.05, 0) is 48.0 Å². The SMILES string of the molecule is CCC(Cn1nnc(-c2ccccc2Nc2ccc(C(F)(F)F)cc2)n1)OC. The normalized spacial score (nSPS) is 12.8. The Bertz CT molecular complexity index is 904. The lowest BCUT2D eigenvalue weighted by atomic mass is 10.1. The van der Waals surface area contributed by atoms with Gasteiger partial charge in [0, 0.05) is 24.0 Å². The number of methoxy groups -OCH3 is 1. The van der Waals surface area contributed by atoms with E-state index in [4.69, 9.17) is 4.74 Å². The molecule has 3 aromatic rings. The molecule has 0 radical (unpaired) electrons. The molecule has 28 heavy (non-hydrogen) atoms. The fourth-order valence-electron chi connectivity index (χ4n) is 2.67. The lowest BCUT2D eigenvalue weighted by Crippen LogP contribution is -2.19. The second kappa shape index (κ2) is 8.39. The fraction of sp³-hybridized carbons (Fsp3) is 0.316. The number of para-hydroxylation sites is 1. The Kier molecular flexibility index (Phi) is 5.93. The molecule has 1 atom stereocenters. The average Bonchev–Trinajstić information content (AvgIpc) is 3.14. The van der Waals surface area contributed by atoms with Crippen molar-refractivity contribution >= 4 is 11.4 Å². The zero-order valence-corrected chi connectivity index (χ0v) is 15.4. The molecule has 0 saturated heterocycles. The number of tetrazole rings is 1. The monoisotopic (exact) mass is 391 g/mol. The number of alkyl halides is 3. The summed E-state index contributed by atoms with van der Waals surface area (Å²) in [6, 6.07) is 12.1. The van der Waals surface area contributed by atoms with E-state index in [0.29, 0.717) is 29.3 Å². The van der Waals surface area contributed by atoms with Crippen LogP contribution in [0.1, 0.15) is 18.9 Å². The van der Waals surface area contributed by atoms with Gasteiger partial charge in [-0.2, -0.15) is 18.0 Å². The first kappa shape index (κ1) is 19.8. The van der Waals surface area contributed by atoms with E-state index < -0.39 is 11.7 Å². The van der Waals surface area contributed by atoms with Crippen molar-refractivity contribution in [2.45, 2.75) is 32.2 Å². The second-order valence-electron chi connectivity index (χ2n) is 6.18. The first-order valence-corrected chi connectivity index (χ1v) is 8.75. The highest BCUT2D eigenvalue weighted by atomic mass is 19.4. The number of aromatic nitrogens is 4. The summed E-state index contributed by atoms with van der Waals surface area (Å²) in [4.78, 5) is 1.47. The van der Waals surface area contributed by atoms with Crippen LogP contribution in [0, 0.1) is 0 Å². The number of ether oxygens (including phenoxy) is 1. The van der Waals surface area contributed by atoms with Crippen LogP contribution in [0.15, 0.2) is 48.5 Å². The number of halogens is 3. The molecule has 9 heteroatoms. The number of rotatable bonds is 7. The molecule has 1 heterocycles. The van der Waals surface area contributed by atoms with Crippen molar-refractivity contribution in [3.8, 4) is 11.4 Å². The van der Waals surface area contributed by atoms with Gasteiger partial charge < -0.3 is 10.1 Å². The van der Waals surface area contributed by atoms with Crippen LogP contribution in [0.5, 0.6) is 0 Å². The number of anilines is 2. The van der Waals surface area contributed by atoms with Gasteiger partial charge in [0.2, 0.25) is 5.82 Å². The molecule has 0 bridgehead atoms. The van der Waals surface area contributed by atoms with E-state index in [-0.39, 0.29) is 6.10 Å². The molecular weight excluding hydrogens is 371 g/mol. The van der Waals surface area contributed by atoms with E-state index in [2.05, 4.69) is 20.7 Å². The minimum atomic E-state index is -4.36. The zero-order valence-electron chi connectivity index (χ0n) is 15.4. The molecule has 3 rings (SSSR count). The molecule has 1 N–H and O–H groups in total. The van der Waals surface area contributed by atoms with E-state index in [1.54, 1.807) is 13.2 Å². The number of benzene rings is 2. The Morgan fingerprint density at radius 1 is 1.11 bits per heavy atom. The topological polar surface area (TPSA) is 64.9 Å². The van der Waals surface area contributed by atoms with E-state index in [0.717, 1.165) is 18.6 Å². The Morgan fingerprint density at radius 3 is 2.46 bits per heavy atom. The molecule has 0 aliphatic heterocycles. The molecule has 0 fully saturated rings. The first-order valence-electron chi connectivity index (χ1n) is 8.75. The minimum absolute atomic E-state index is 0.0115. The predicted molar refractivity (Wildman–Crippen MR) is 99.1 cm³/mol. The molecule has 1 unspecified atom stereocenters. The molecular formula is C19H20F3N5O. The molecule has 0 spiro atoms. The number of hydrogen-bond donors (Lipinski definition) is 1. The second-order valence-corrected chi connectivity index (χ2v) is 6.18. The highest BCUT2D eigenvalue weighted by Crippen LogP contribution is 2.32. The summed E-state index contributed by atoms with van der Waals surface area (Å²) in [6.45, 7) is 2.49. The van der Waals surface area contributed by atoms with Crippen LogP contribution in [0.4, 0.5) is 24.5 Å². The number of hydrogen-bond acceptors (Lipinski definition) is 5. The van der Waals surface area contributed by atoms with Gasteiger partial charge in [0.05, 0.1) is 18.2 Å². The van der Waals surface area contributed by atoms with Crippen molar-refractivity contribution in [1.29, 1.82) is 0 Å². The summed E-state index contributed by atoms with van der Waals surface area (Å²) in [5.74, 6) is 0.418. The molecule has 0 amide bonds. The summed E-state index contributed by atoms with van der Waals surface area (Å²) in [6.07, 6.45) is -3.56. The van der Waals surface area contributed by atoms with Gasteiger partial charge in [0.15, 0.2) is 0 Å². The van der Waals surface area contributed by atoms with E-state index >= 15 is 0 Å². The Morgan fingerprint density at radius 2 is 1.82 bits per heavy atom. The summed E-state index contributed by atoms with van der Waals surface area (Å²) >= 11 is 0. The molecule has 0 aliphatic carbocycles. The van der Waals surface area contributed by atoms with Crippen LogP contribution in [-0.2, 0) is 17.5 Å². The standard InChI is InChI=1S/C19H20F3N5O/c1-3-15(28-2)12-27-25-18(24-26-27)16-6-4-5-7-17(16)23-14-10-8-13(9-11-14)19(20,21)22/h4-11,15,23H,3,12H2,1-2H3. The largest absolute Gasteiger partial charge is 0.416 e. The number of nitrogens with one attached hydrogen (secondary N) is 1. The van der Waals surface area contributed by atoms with Crippen molar-refractivity contribution < 1.29 is 17.9 Å². The maximum Gasteiger partial charge on any atom is 0.416 e. The highest BCUT2D eigenvalue weighted by Gasteiger charge is 2.29. The van der Waals surface area contributed by atoms with Crippen molar-refractivity contribution in [2.24, 2.45) is 0 Å². The molecule has 2 aromatic carbocycles. The fourth-order valence-corrected chi connectivity index (χ4v) is 2.67. The summed E-state index contributed by atoms with van der Waals surface area (Å²) in [5.41, 5.74) is 1.19. The van der Waals surface area contributed by atoms with Gasteiger partial charge in [-0.25, -0.2) is 0 Å². The van der Waals surface area contributed by atoms with Crippen LogP contribution >= 0.6 is 0 Å².